The van der Waals surface area contributed by atoms with Crippen LogP contribution in [0.1, 0.15) is 48.8 Å². The molecule has 0 radical (unpaired) electrons. The first kappa shape index (κ1) is 41.8. The van der Waals surface area contributed by atoms with Gasteiger partial charge in [-0.2, -0.15) is 26.3 Å². The molecule has 0 aliphatic carbocycles. The number of hydrogen-bond donors (Lipinski definition) is 7. The van der Waals surface area contributed by atoms with Gasteiger partial charge in [0.25, 0.3) is 0 Å². The van der Waals surface area contributed by atoms with Crippen molar-refractivity contribution in [1.82, 2.24) is 15.5 Å². The largest absolute Gasteiger partial charge is 0.490 e. The Balaban J connectivity index is 0.000000717. The van der Waals surface area contributed by atoms with Crippen molar-refractivity contribution >= 4 is 35.6 Å². The number of benzene rings is 2. The van der Waals surface area contributed by atoms with E-state index in [1.54, 1.807) is 31.2 Å². The van der Waals surface area contributed by atoms with Crippen molar-refractivity contribution in [3.05, 3.63) is 71.3 Å². The number of carbonyl (C=O) groups excluding carboxylic acids is 2. The molecule has 13 nitrogen and oxygen atoms in total. The minimum absolute atomic E-state index is 0.0217. The second-order valence-electron chi connectivity index (χ2n) is 10.5. The summed E-state index contributed by atoms with van der Waals surface area (Å²) in [6.07, 6.45) is -8.81. The fraction of sp³-hybridized carbons (Fsp3) is 0.400. The van der Waals surface area contributed by atoms with E-state index in [9.17, 15) is 40.7 Å². The van der Waals surface area contributed by atoms with Crippen LogP contribution in [0.15, 0.2) is 54.6 Å². The summed E-state index contributed by atoms with van der Waals surface area (Å²) in [7, 11) is 0. The molecule has 0 saturated carbocycles. The highest BCUT2D eigenvalue weighted by molar-refractivity contribution is 5.95. The van der Waals surface area contributed by atoms with Crippen molar-refractivity contribution in [2.75, 3.05) is 13.1 Å². The number of nitrogen functional groups attached to an aromatic ring is 1. The first-order valence-corrected chi connectivity index (χ1v) is 14.3. The number of amides is 2. The molecule has 1 aliphatic rings. The van der Waals surface area contributed by atoms with Crippen LogP contribution in [0.4, 0.5) is 26.3 Å². The highest BCUT2D eigenvalue weighted by Gasteiger charge is 2.39. The van der Waals surface area contributed by atoms with Crippen molar-refractivity contribution < 1.29 is 65.6 Å². The van der Waals surface area contributed by atoms with Crippen LogP contribution in [0.25, 0.3) is 0 Å². The number of carboxylic acid groups (broad SMARTS) is 3. The molecule has 2 aromatic carbocycles. The number of aliphatic carboxylic acids is 3. The van der Waals surface area contributed by atoms with E-state index in [-0.39, 0.29) is 43.1 Å². The Morgan fingerprint density at radius 3 is 1.88 bits per heavy atom. The van der Waals surface area contributed by atoms with Crippen LogP contribution in [0.5, 0.6) is 0 Å². The number of carboxylic acids is 3. The van der Waals surface area contributed by atoms with Crippen molar-refractivity contribution in [2.24, 2.45) is 5.73 Å². The Morgan fingerprint density at radius 1 is 0.918 bits per heavy atom. The van der Waals surface area contributed by atoms with Crippen LogP contribution >= 0.6 is 0 Å². The number of nitrogens with two attached hydrogens (primary N) is 1. The zero-order valence-electron chi connectivity index (χ0n) is 25.8. The number of nitrogens with one attached hydrogen (secondary N) is 3. The molecule has 1 saturated heterocycles. The number of likely N-dealkylation sites (tertiary alicyclic amines) is 1. The van der Waals surface area contributed by atoms with Gasteiger partial charge in [0.2, 0.25) is 11.8 Å². The summed E-state index contributed by atoms with van der Waals surface area (Å²) >= 11 is 0. The Labute approximate surface area is 275 Å². The second-order valence-corrected chi connectivity index (χ2v) is 10.5. The minimum atomic E-state index is -5.08. The normalized spacial score (nSPS) is 16.7. The van der Waals surface area contributed by atoms with Crippen LogP contribution in [-0.2, 0) is 30.5 Å². The van der Waals surface area contributed by atoms with Crippen LogP contribution < -0.4 is 16.4 Å². The van der Waals surface area contributed by atoms with Gasteiger partial charge in [0.1, 0.15) is 11.9 Å². The lowest BCUT2D eigenvalue weighted by atomic mass is 9.84. The molecule has 1 heterocycles. The summed E-state index contributed by atoms with van der Waals surface area (Å²) in [5.74, 6) is -6.84. The SMILES string of the molecule is C[C@H](NC(=O)[C@H]1C[C@@H](c2ccccc2)CCN1CCC(=O)O)C(=O)NCc1ccc(C(=N)N)cc1.O=C(O)C(F)(F)F.O=C(O)C(F)(F)F. The zero-order valence-corrected chi connectivity index (χ0v) is 25.8. The van der Waals surface area contributed by atoms with Gasteiger partial charge in [-0.15, -0.1) is 0 Å². The van der Waals surface area contributed by atoms with Gasteiger partial charge >= 0.3 is 30.3 Å². The standard InChI is InChI=1S/C26H33N5O4.2C2HF3O2/c1-17(25(34)29-16-18-7-9-20(10-8-18)24(27)28)30-26(35)22-15-21(19-5-3-2-4-6-19)11-13-31(22)14-12-23(32)33;2*3-2(4,5)1(6)7/h2-10,17,21-22H,11-16H2,1H3,(H3,27,28)(H,29,34)(H,30,35)(H,32,33);2*(H,6,7)/t17-,21-,22+;;/m0../s1. The summed E-state index contributed by atoms with van der Waals surface area (Å²) in [5.41, 5.74) is 8.07. The molecule has 270 valence electrons. The Bertz CT molecular complexity index is 1420. The Morgan fingerprint density at radius 2 is 1.43 bits per heavy atom. The smallest absolute Gasteiger partial charge is 0.481 e. The molecular weight excluding hydrogens is 672 g/mol. The number of nitrogens with zero attached hydrogens (tertiary/aromatic N) is 1. The number of halogens is 6. The fourth-order valence-electron chi connectivity index (χ4n) is 4.34. The minimum Gasteiger partial charge on any atom is -0.481 e. The average molecular weight is 708 g/mol. The molecule has 0 spiro atoms. The number of alkyl halides is 6. The van der Waals surface area contributed by atoms with E-state index >= 15 is 0 Å². The van der Waals surface area contributed by atoms with Gasteiger partial charge in [-0.1, -0.05) is 54.6 Å². The molecule has 3 atom stereocenters. The third-order valence-electron chi connectivity index (χ3n) is 6.87. The van der Waals surface area contributed by atoms with Crippen LogP contribution in [-0.4, -0.2) is 93.3 Å². The van der Waals surface area contributed by atoms with Gasteiger partial charge < -0.3 is 31.7 Å². The number of rotatable bonds is 10. The average Bonchev–Trinajstić information content (AvgIpc) is 3.02. The number of piperidine rings is 1. The monoisotopic (exact) mass is 707 g/mol. The quantitative estimate of drug-likeness (QED) is 0.109. The van der Waals surface area contributed by atoms with E-state index in [0.29, 0.717) is 18.5 Å². The van der Waals surface area contributed by atoms with Gasteiger partial charge in [0.05, 0.1) is 12.5 Å². The van der Waals surface area contributed by atoms with Gasteiger partial charge in [-0.3, -0.25) is 24.7 Å². The lowest BCUT2D eigenvalue weighted by molar-refractivity contribution is -0.193. The highest BCUT2D eigenvalue weighted by atomic mass is 19.4. The number of hydrogen-bond acceptors (Lipinski definition) is 7. The maximum absolute atomic E-state index is 13.2. The molecular formula is C30H35F6N5O8. The lowest BCUT2D eigenvalue weighted by Crippen LogP contribution is -2.55. The maximum Gasteiger partial charge on any atom is 0.490 e. The van der Waals surface area contributed by atoms with E-state index < -0.39 is 42.3 Å². The molecule has 0 bridgehead atoms. The molecule has 3 rings (SSSR count). The van der Waals surface area contributed by atoms with E-state index in [4.69, 9.17) is 36.1 Å². The molecule has 49 heavy (non-hydrogen) atoms. The van der Waals surface area contributed by atoms with E-state index in [1.807, 2.05) is 35.2 Å². The van der Waals surface area contributed by atoms with Crippen molar-refractivity contribution in [1.29, 1.82) is 5.41 Å². The Hall–Kier alpha value is -5.20. The first-order valence-electron chi connectivity index (χ1n) is 14.3. The molecule has 1 aliphatic heterocycles. The van der Waals surface area contributed by atoms with Gasteiger partial charge in [-0.05, 0) is 43.4 Å². The predicted octanol–water partition coefficient (Wildman–Crippen LogP) is 3.08. The maximum atomic E-state index is 13.2. The topological polar surface area (TPSA) is 223 Å². The molecule has 2 amide bonds. The van der Waals surface area contributed by atoms with Crippen molar-refractivity contribution in [2.45, 2.75) is 63.1 Å². The Kier molecular flexibility index (Phi) is 16.2. The van der Waals surface area contributed by atoms with E-state index in [2.05, 4.69) is 10.6 Å². The summed E-state index contributed by atoms with van der Waals surface area (Å²) in [6, 6.07) is 15.7. The number of carbonyl (C=O) groups is 5. The number of amidine groups is 1. The molecule has 19 heteroatoms. The van der Waals surface area contributed by atoms with Crippen molar-refractivity contribution in [3.63, 3.8) is 0 Å². The van der Waals surface area contributed by atoms with Crippen LogP contribution in [0.3, 0.4) is 0 Å². The fourth-order valence-corrected chi connectivity index (χ4v) is 4.34. The first-order chi connectivity index (χ1) is 22.6. The molecule has 0 unspecified atom stereocenters. The zero-order chi connectivity index (χ0) is 37.5. The van der Waals surface area contributed by atoms with Gasteiger partial charge in [0, 0.05) is 18.7 Å². The summed E-state index contributed by atoms with van der Waals surface area (Å²) in [4.78, 5) is 56.6. The predicted molar refractivity (Wildman–Crippen MR) is 160 cm³/mol. The summed E-state index contributed by atoms with van der Waals surface area (Å²) < 4.78 is 63.5. The summed E-state index contributed by atoms with van der Waals surface area (Å²) in [6.45, 7) is 2.81. The van der Waals surface area contributed by atoms with Gasteiger partial charge in [-0.25, -0.2) is 9.59 Å². The van der Waals surface area contributed by atoms with Crippen molar-refractivity contribution in [3.8, 4) is 0 Å². The molecule has 8 N–H and O–H groups in total. The highest BCUT2D eigenvalue weighted by Crippen LogP contribution is 2.32. The third-order valence-corrected chi connectivity index (χ3v) is 6.87. The van der Waals surface area contributed by atoms with E-state index in [0.717, 1.165) is 17.5 Å². The molecule has 2 aromatic rings. The van der Waals surface area contributed by atoms with Crippen LogP contribution in [0, 0.1) is 5.41 Å². The third kappa shape index (κ3) is 15.5. The lowest BCUT2D eigenvalue weighted by Gasteiger charge is -2.39. The summed E-state index contributed by atoms with van der Waals surface area (Å²) in [5, 5.41) is 36.4. The molecule has 0 aromatic heterocycles. The van der Waals surface area contributed by atoms with E-state index in [1.165, 1.54) is 0 Å². The second kappa shape index (κ2) is 19.0. The van der Waals surface area contributed by atoms with Gasteiger partial charge in [0.15, 0.2) is 0 Å². The molecule has 1 fully saturated rings. The van der Waals surface area contributed by atoms with Crippen LogP contribution in [0.2, 0.25) is 0 Å².